The number of nitrogens with zero attached hydrogens (tertiary/aromatic N) is 2. The van der Waals surface area contributed by atoms with Crippen LogP contribution in [0.3, 0.4) is 0 Å². The third-order valence-electron chi connectivity index (χ3n) is 5.06. The van der Waals surface area contributed by atoms with E-state index in [9.17, 15) is 9.59 Å². The molecule has 1 aliphatic carbocycles. The molecule has 2 rings (SSSR count). The van der Waals surface area contributed by atoms with Crippen LogP contribution >= 0.6 is 23.1 Å². The van der Waals surface area contributed by atoms with Crippen molar-refractivity contribution in [3.8, 4) is 0 Å². The van der Waals surface area contributed by atoms with Crippen molar-refractivity contribution >= 4 is 40.2 Å². The first-order valence-electron chi connectivity index (χ1n) is 10.3. The maximum atomic E-state index is 13.0. The maximum absolute atomic E-state index is 13.0. The van der Waals surface area contributed by atoms with E-state index in [1.165, 1.54) is 23.1 Å². The lowest BCUT2D eigenvalue weighted by molar-refractivity contribution is -0.133. The van der Waals surface area contributed by atoms with Gasteiger partial charge < -0.3 is 14.7 Å². The van der Waals surface area contributed by atoms with E-state index in [4.69, 9.17) is 9.84 Å². The lowest BCUT2D eigenvalue weighted by atomic mass is 9.85. The molecule has 9 heteroatoms. The second-order valence-electron chi connectivity index (χ2n) is 7.81. The topological polar surface area (TPSA) is 91.8 Å². The van der Waals surface area contributed by atoms with E-state index in [1.54, 1.807) is 6.20 Å². The summed E-state index contributed by atoms with van der Waals surface area (Å²) in [6.45, 7) is 8.66. The zero-order valence-corrected chi connectivity index (χ0v) is 19.2. The average molecular weight is 444 g/mol. The summed E-state index contributed by atoms with van der Waals surface area (Å²) in [7, 11) is 0. The molecule has 2 amide bonds. The second kappa shape index (κ2) is 12.4. The van der Waals surface area contributed by atoms with Crippen LogP contribution in [0.5, 0.6) is 0 Å². The molecule has 0 aromatic carbocycles. The number of aromatic nitrogens is 1. The van der Waals surface area contributed by atoms with Crippen molar-refractivity contribution in [2.75, 3.05) is 30.8 Å². The zero-order chi connectivity index (χ0) is 21.2. The number of thioether (sulfide) groups is 1. The number of amides is 2. The number of carbonyl (C=O) groups is 2. The van der Waals surface area contributed by atoms with E-state index < -0.39 is 5.97 Å². The summed E-state index contributed by atoms with van der Waals surface area (Å²) in [6, 6.07) is 0.135. The van der Waals surface area contributed by atoms with Crippen LogP contribution in [0.4, 0.5) is 9.93 Å². The summed E-state index contributed by atoms with van der Waals surface area (Å²) in [5.41, 5.74) is 0. The molecule has 29 heavy (non-hydrogen) atoms. The van der Waals surface area contributed by atoms with E-state index in [0.717, 1.165) is 56.1 Å². The number of urea groups is 1. The summed E-state index contributed by atoms with van der Waals surface area (Å²) < 4.78 is 6.36. The Morgan fingerprint density at radius 3 is 2.72 bits per heavy atom. The highest BCUT2D eigenvalue weighted by molar-refractivity contribution is 8.01. The largest absolute Gasteiger partial charge is 0.481 e. The van der Waals surface area contributed by atoms with E-state index >= 15 is 0 Å². The normalized spacial score (nSPS) is 19.3. The molecule has 0 spiro atoms. The highest BCUT2D eigenvalue weighted by Crippen LogP contribution is 2.31. The molecule has 0 aliphatic heterocycles. The zero-order valence-electron chi connectivity index (χ0n) is 17.6. The number of carbonyl (C=O) groups excluding carboxylic acids is 1. The summed E-state index contributed by atoms with van der Waals surface area (Å²) in [6.07, 6.45) is 6.75. The molecule has 0 atom stereocenters. The lowest BCUT2D eigenvalue weighted by Crippen LogP contribution is -2.45. The molecule has 0 unspecified atom stereocenters. The number of carboxylic acids is 1. The SMILES string of the molecule is CCOCC1CCC(N(CCC(C)C)C(=O)Nc2ncc(SCC(=O)O)s2)CC1. The van der Waals surface area contributed by atoms with Gasteiger partial charge >= 0.3 is 12.0 Å². The van der Waals surface area contributed by atoms with Gasteiger partial charge in [-0.05, 0) is 50.9 Å². The van der Waals surface area contributed by atoms with Gasteiger partial charge in [0.25, 0.3) is 0 Å². The fourth-order valence-corrected chi connectivity index (χ4v) is 5.02. The number of hydrogen-bond acceptors (Lipinski definition) is 6. The molecule has 1 saturated carbocycles. The van der Waals surface area contributed by atoms with Gasteiger partial charge in [-0.15, -0.1) is 11.8 Å². The van der Waals surface area contributed by atoms with Gasteiger partial charge in [-0.3, -0.25) is 10.1 Å². The second-order valence-corrected chi connectivity index (χ2v) is 10.1. The highest BCUT2D eigenvalue weighted by Gasteiger charge is 2.29. The number of rotatable bonds is 11. The third-order valence-corrected chi connectivity index (χ3v) is 7.15. The van der Waals surface area contributed by atoms with Crippen molar-refractivity contribution in [1.29, 1.82) is 0 Å². The van der Waals surface area contributed by atoms with Crippen molar-refractivity contribution < 1.29 is 19.4 Å². The molecule has 1 fully saturated rings. The summed E-state index contributed by atoms with van der Waals surface area (Å²) in [5, 5.41) is 12.2. The molecule has 0 radical (unpaired) electrons. The van der Waals surface area contributed by atoms with Crippen LogP contribution in [0.25, 0.3) is 0 Å². The number of ether oxygens (including phenoxy) is 1. The van der Waals surface area contributed by atoms with Gasteiger partial charge in [0.15, 0.2) is 5.13 Å². The van der Waals surface area contributed by atoms with Crippen molar-refractivity contribution in [3.63, 3.8) is 0 Å². The fourth-order valence-electron chi connectivity index (χ4n) is 3.43. The van der Waals surface area contributed by atoms with Gasteiger partial charge in [0.2, 0.25) is 0 Å². The maximum Gasteiger partial charge on any atom is 0.323 e. The lowest BCUT2D eigenvalue weighted by Gasteiger charge is -2.37. The predicted molar refractivity (Wildman–Crippen MR) is 118 cm³/mol. The van der Waals surface area contributed by atoms with Gasteiger partial charge in [-0.2, -0.15) is 0 Å². The Bertz CT molecular complexity index is 645. The molecular formula is C20H33N3O4S2. The number of thiazole rings is 1. The number of anilines is 1. The van der Waals surface area contributed by atoms with Crippen LogP contribution in [-0.4, -0.2) is 58.5 Å². The van der Waals surface area contributed by atoms with E-state index in [2.05, 4.69) is 24.1 Å². The minimum Gasteiger partial charge on any atom is -0.481 e. The fraction of sp³-hybridized carbons (Fsp3) is 0.750. The smallest absolute Gasteiger partial charge is 0.323 e. The van der Waals surface area contributed by atoms with Crippen molar-refractivity contribution in [2.45, 2.75) is 63.1 Å². The Labute approximate surface area is 181 Å². The highest BCUT2D eigenvalue weighted by atomic mass is 32.2. The molecule has 0 bridgehead atoms. The Balaban J connectivity index is 1.94. The number of nitrogens with one attached hydrogen (secondary N) is 1. The summed E-state index contributed by atoms with van der Waals surface area (Å²) in [4.78, 5) is 29.9. The van der Waals surface area contributed by atoms with Crippen LogP contribution in [0.1, 0.15) is 52.9 Å². The van der Waals surface area contributed by atoms with Crippen LogP contribution in [0, 0.1) is 11.8 Å². The van der Waals surface area contributed by atoms with Crippen molar-refractivity contribution in [2.24, 2.45) is 11.8 Å². The minimum absolute atomic E-state index is 0.0128. The number of hydrogen-bond donors (Lipinski definition) is 2. The molecule has 2 N–H and O–H groups in total. The minimum atomic E-state index is -0.867. The van der Waals surface area contributed by atoms with E-state index in [0.29, 0.717) is 17.0 Å². The monoisotopic (exact) mass is 443 g/mol. The number of carboxylic acid groups (broad SMARTS) is 1. The third kappa shape index (κ3) is 8.52. The standard InChI is InChI=1S/C20H33N3O4S2/c1-4-27-12-15-5-7-16(8-6-15)23(10-9-14(2)3)20(26)22-19-21-11-18(29-19)28-13-17(24)25/h11,14-16H,4-10,12-13H2,1-3H3,(H,24,25)(H,21,22,26). The molecule has 0 saturated heterocycles. The Morgan fingerprint density at radius 2 is 2.10 bits per heavy atom. The first-order valence-corrected chi connectivity index (χ1v) is 12.1. The summed E-state index contributed by atoms with van der Waals surface area (Å²) in [5.74, 6) is 0.238. The Hall–Kier alpha value is -1.32. The van der Waals surface area contributed by atoms with Gasteiger partial charge in [0.1, 0.15) is 0 Å². The summed E-state index contributed by atoms with van der Waals surface area (Å²) >= 11 is 2.53. The quantitative estimate of drug-likeness (QED) is 0.478. The molecule has 1 aliphatic rings. The van der Waals surface area contributed by atoms with E-state index in [1.807, 2.05) is 11.8 Å². The van der Waals surface area contributed by atoms with Gasteiger partial charge in [0, 0.05) is 25.8 Å². The Morgan fingerprint density at radius 1 is 1.38 bits per heavy atom. The van der Waals surface area contributed by atoms with E-state index in [-0.39, 0.29) is 17.8 Å². The Kier molecular flexibility index (Phi) is 10.2. The van der Waals surface area contributed by atoms with Crippen LogP contribution in [-0.2, 0) is 9.53 Å². The van der Waals surface area contributed by atoms with Gasteiger partial charge in [-0.25, -0.2) is 9.78 Å². The number of aliphatic carboxylic acids is 1. The van der Waals surface area contributed by atoms with Gasteiger partial charge in [-0.1, -0.05) is 25.2 Å². The van der Waals surface area contributed by atoms with Crippen molar-refractivity contribution in [1.82, 2.24) is 9.88 Å². The van der Waals surface area contributed by atoms with Crippen LogP contribution in [0.2, 0.25) is 0 Å². The molecule has 164 valence electrons. The van der Waals surface area contributed by atoms with Crippen LogP contribution < -0.4 is 5.32 Å². The molecule has 7 nitrogen and oxygen atoms in total. The van der Waals surface area contributed by atoms with Gasteiger partial charge in [0.05, 0.1) is 16.2 Å². The molecular weight excluding hydrogens is 410 g/mol. The average Bonchev–Trinajstić information content (AvgIpc) is 3.13. The molecule has 1 aromatic rings. The first kappa shape index (κ1) is 24.0. The molecule has 1 aromatic heterocycles. The first-order chi connectivity index (χ1) is 13.9. The predicted octanol–water partition coefficient (Wildman–Crippen LogP) is 4.80. The van der Waals surface area contributed by atoms with Crippen LogP contribution in [0.15, 0.2) is 10.4 Å². The van der Waals surface area contributed by atoms with Crippen molar-refractivity contribution in [3.05, 3.63) is 6.20 Å². The molecule has 1 heterocycles.